The molecule has 13 heavy (non-hydrogen) atoms. The molecule has 0 heterocycles. The van der Waals surface area contributed by atoms with Crippen LogP contribution in [0, 0.1) is 0 Å². The van der Waals surface area contributed by atoms with E-state index in [0.29, 0.717) is 0 Å². The molecule has 0 fully saturated rings. The van der Waals surface area contributed by atoms with E-state index in [-0.39, 0.29) is 0 Å². The van der Waals surface area contributed by atoms with Crippen molar-refractivity contribution in [3.05, 3.63) is 30.3 Å². The Morgan fingerprint density at radius 3 is 2.46 bits per heavy atom. The van der Waals surface area contributed by atoms with Crippen molar-refractivity contribution in [1.29, 1.82) is 0 Å². The van der Waals surface area contributed by atoms with E-state index in [1.807, 2.05) is 17.4 Å². The molecule has 0 aliphatic heterocycles. The molecular formula is C10H15OPS. The predicted octanol–water partition coefficient (Wildman–Crippen LogP) is 3.41. The minimum absolute atomic E-state index is 0.439. The maximum Gasteiger partial charge on any atom is 0.120 e. The van der Waals surface area contributed by atoms with Crippen molar-refractivity contribution in [3.8, 4) is 0 Å². The fourth-order valence-corrected chi connectivity index (χ4v) is 4.28. The average Bonchev–Trinajstić information content (AvgIpc) is 2.19. The van der Waals surface area contributed by atoms with E-state index in [1.165, 1.54) is 5.30 Å². The van der Waals surface area contributed by atoms with Gasteiger partial charge in [-0.1, -0.05) is 37.3 Å². The summed E-state index contributed by atoms with van der Waals surface area (Å²) in [5.41, 5.74) is 0. The molecular weight excluding hydrogens is 199 g/mol. The standard InChI is InChI=1S/C10H15OPS/c1-3-11-12(13-4-2)10-8-6-5-7-9-10/h5-9H,3-4H2,1-2H3. The first-order valence-electron chi connectivity index (χ1n) is 4.49. The minimum atomic E-state index is -0.439. The second-order valence-electron chi connectivity index (χ2n) is 2.43. The third-order valence-electron chi connectivity index (χ3n) is 1.46. The molecule has 0 aromatic heterocycles. The van der Waals surface area contributed by atoms with Crippen LogP contribution in [0.25, 0.3) is 0 Å². The van der Waals surface area contributed by atoms with Gasteiger partial charge < -0.3 is 4.52 Å². The molecule has 1 atom stereocenters. The molecule has 0 radical (unpaired) electrons. The summed E-state index contributed by atoms with van der Waals surface area (Å²) in [7, 11) is -0.439. The SMILES string of the molecule is CCOP(SCC)c1ccccc1. The largest absolute Gasteiger partial charge is 0.344 e. The number of hydrogen-bond donors (Lipinski definition) is 0. The molecule has 0 N–H and O–H groups in total. The van der Waals surface area contributed by atoms with Gasteiger partial charge in [0.1, 0.15) is 7.35 Å². The molecule has 0 amide bonds. The lowest BCUT2D eigenvalue weighted by atomic mass is 10.4. The van der Waals surface area contributed by atoms with Crippen LogP contribution >= 0.6 is 18.7 Å². The first-order valence-corrected chi connectivity index (χ1v) is 7.34. The van der Waals surface area contributed by atoms with Gasteiger partial charge in [0.15, 0.2) is 0 Å². The van der Waals surface area contributed by atoms with E-state index >= 15 is 0 Å². The Kier molecular flexibility index (Phi) is 5.45. The van der Waals surface area contributed by atoms with Crippen LogP contribution in [0.15, 0.2) is 30.3 Å². The number of benzene rings is 1. The first kappa shape index (κ1) is 11.0. The molecule has 1 unspecified atom stereocenters. The van der Waals surface area contributed by atoms with E-state index < -0.39 is 7.35 Å². The second kappa shape index (κ2) is 6.42. The van der Waals surface area contributed by atoms with Crippen molar-refractivity contribution in [2.24, 2.45) is 0 Å². The van der Waals surface area contributed by atoms with Gasteiger partial charge in [0, 0.05) is 11.9 Å². The Morgan fingerprint density at radius 2 is 1.92 bits per heavy atom. The van der Waals surface area contributed by atoms with Crippen molar-refractivity contribution in [2.45, 2.75) is 13.8 Å². The molecule has 1 rings (SSSR count). The van der Waals surface area contributed by atoms with Gasteiger partial charge in [-0.25, -0.2) is 0 Å². The summed E-state index contributed by atoms with van der Waals surface area (Å²) < 4.78 is 5.70. The smallest absolute Gasteiger partial charge is 0.120 e. The predicted molar refractivity (Wildman–Crippen MR) is 62.8 cm³/mol. The van der Waals surface area contributed by atoms with Crippen LogP contribution in [0.2, 0.25) is 0 Å². The normalized spacial score (nSPS) is 12.8. The molecule has 3 heteroatoms. The summed E-state index contributed by atoms with van der Waals surface area (Å²) >= 11 is 1.90. The van der Waals surface area contributed by atoms with Gasteiger partial charge >= 0.3 is 0 Å². The zero-order chi connectivity index (χ0) is 9.52. The van der Waals surface area contributed by atoms with Crippen molar-refractivity contribution in [1.82, 2.24) is 0 Å². The zero-order valence-electron chi connectivity index (χ0n) is 8.06. The Hall–Kier alpha value is -0.0400. The molecule has 1 aromatic carbocycles. The lowest BCUT2D eigenvalue weighted by Gasteiger charge is -2.14. The highest BCUT2D eigenvalue weighted by Crippen LogP contribution is 2.49. The Morgan fingerprint density at radius 1 is 1.23 bits per heavy atom. The first-order chi connectivity index (χ1) is 6.38. The molecule has 0 bridgehead atoms. The van der Waals surface area contributed by atoms with E-state index in [0.717, 1.165) is 12.4 Å². The number of hydrogen-bond acceptors (Lipinski definition) is 2. The van der Waals surface area contributed by atoms with Gasteiger partial charge in [0.05, 0.1) is 0 Å². The van der Waals surface area contributed by atoms with Crippen LogP contribution in [0.5, 0.6) is 0 Å². The fourth-order valence-electron chi connectivity index (χ4n) is 0.971. The van der Waals surface area contributed by atoms with E-state index in [1.54, 1.807) is 0 Å². The molecule has 1 nitrogen and oxygen atoms in total. The summed E-state index contributed by atoms with van der Waals surface area (Å²) in [6, 6.07) is 10.5. The summed E-state index contributed by atoms with van der Waals surface area (Å²) in [6.45, 7) is 5.02. The minimum Gasteiger partial charge on any atom is -0.344 e. The third-order valence-corrected chi connectivity index (χ3v) is 5.59. The quantitative estimate of drug-likeness (QED) is 0.695. The zero-order valence-corrected chi connectivity index (χ0v) is 9.78. The summed E-state index contributed by atoms with van der Waals surface area (Å²) in [5, 5.41) is 1.33. The highest BCUT2D eigenvalue weighted by atomic mass is 32.7. The van der Waals surface area contributed by atoms with Crippen molar-refractivity contribution < 1.29 is 4.52 Å². The van der Waals surface area contributed by atoms with Crippen LogP contribution in [-0.4, -0.2) is 12.4 Å². The van der Waals surface area contributed by atoms with Crippen LogP contribution < -0.4 is 5.30 Å². The van der Waals surface area contributed by atoms with E-state index in [9.17, 15) is 0 Å². The summed E-state index contributed by atoms with van der Waals surface area (Å²) in [4.78, 5) is 0. The average molecular weight is 214 g/mol. The van der Waals surface area contributed by atoms with Gasteiger partial charge in [0.2, 0.25) is 0 Å². The molecule has 0 aliphatic carbocycles. The van der Waals surface area contributed by atoms with Gasteiger partial charge in [0.25, 0.3) is 0 Å². The highest BCUT2D eigenvalue weighted by Gasteiger charge is 2.09. The van der Waals surface area contributed by atoms with E-state index in [2.05, 4.69) is 38.1 Å². The lowest BCUT2D eigenvalue weighted by Crippen LogP contribution is -2.00. The van der Waals surface area contributed by atoms with Gasteiger partial charge in [-0.3, -0.25) is 0 Å². The Balaban J connectivity index is 2.64. The maximum atomic E-state index is 5.70. The van der Waals surface area contributed by atoms with Gasteiger partial charge in [-0.05, 0) is 12.7 Å². The molecule has 0 spiro atoms. The third kappa shape index (κ3) is 3.68. The van der Waals surface area contributed by atoms with E-state index in [4.69, 9.17) is 4.52 Å². The molecule has 0 saturated carbocycles. The summed E-state index contributed by atoms with van der Waals surface area (Å²) in [5.74, 6) is 1.11. The Bertz CT molecular complexity index is 222. The lowest BCUT2D eigenvalue weighted by molar-refractivity contribution is 0.391. The van der Waals surface area contributed by atoms with Crippen molar-refractivity contribution in [3.63, 3.8) is 0 Å². The van der Waals surface area contributed by atoms with Crippen LogP contribution in [0.1, 0.15) is 13.8 Å². The highest BCUT2D eigenvalue weighted by molar-refractivity contribution is 8.56. The molecule has 1 aromatic rings. The van der Waals surface area contributed by atoms with Gasteiger partial charge in [-0.15, -0.1) is 11.4 Å². The molecule has 0 saturated heterocycles. The topological polar surface area (TPSA) is 9.23 Å². The fraction of sp³-hybridized carbons (Fsp3) is 0.400. The van der Waals surface area contributed by atoms with Crippen molar-refractivity contribution >= 4 is 24.0 Å². The number of rotatable bonds is 5. The molecule has 0 aliphatic rings. The molecule has 72 valence electrons. The summed E-state index contributed by atoms with van der Waals surface area (Å²) in [6.07, 6.45) is 0. The maximum absolute atomic E-state index is 5.70. The van der Waals surface area contributed by atoms with Gasteiger partial charge in [-0.2, -0.15) is 0 Å². The van der Waals surface area contributed by atoms with Crippen molar-refractivity contribution in [2.75, 3.05) is 12.4 Å². The second-order valence-corrected chi connectivity index (χ2v) is 6.32. The van der Waals surface area contributed by atoms with Crippen LogP contribution in [0.3, 0.4) is 0 Å². The van der Waals surface area contributed by atoms with Crippen LogP contribution in [-0.2, 0) is 4.52 Å². The van der Waals surface area contributed by atoms with Crippen LogP contribution in [0.4, 0.5) is 0 Å². The Labute approximate surface area is 85.5 Å². The monoisotopic (exact) mass is 214 g/mol.